The molecule has 0 bridgehead atoms. The highest BCUT2D eigenvalue weighted by Crippen LogP contribution is 2.38. The van der Waals surface area contributed by atoms with E-state index in [0.717, 1.165) is 36.4 Å². The van der Waals surface area contributed by atoms with Gasteiger partial charge >= 0.3 is 6.18 Å². The van der Waals surface area contributed by atoms with Crippen LogP contribution >= 0.6 is 0 Å². The van der Waals surface area contributed by atoms with E-state index in [-0.39, 0.29) is 0 Å². The average Bonchev–Trinajstić information content (AvgIpc) is 2.53. The van der Waals surface area contributed by atoms with Crippen molar-refractivity contribution in [3.8, 4) is 0 Å². The van der Waals surface area contributed by atoms with E-state index in [1.807, 2.05) is 0 Å². The zero-order valence-corrected chi connectivity index (χ0v) is 12.9. The highest BCUT2D eigenvalue weighted by Gasteiger charge is 2.55. The molecule has 0 saturated carbocycles. The lowest BCUT2D eigenvalue weighted by Gasteiger charge is -2.31. The van der Waals surface area contributed by atoms with Gasteiger partial charge in [-0.3, -0.25) is 0 Å². The number of halogens is 4. The standard InChI is InChI=1S/C15H13F4NO3S/c16-12-6-8-13(9-7-12)24(22,23)20-10-14(21,15(17,18)19)11-4-2-1-3-5-11/h1-9,20-21H,10H2. The molecular formula is C15H13F4NO3S. The molecule has 2 aromatic rings. The Kier molecular flexibility index (Phi) is 4.97. The van der Waals surface area contributed by atoms with Gasteiger partial charge < -0.3 is 5.11 Å². The Morgan fingerprint density at radius 1 is 0.958 bits per heavy atom. The number of nitrogens with one attached hydrogen (secondary N) is 1. The molecule has 1 atom stereocenters. The molecule has 2 N–H and O–H groups in total. The second kappa shape index (κ2) is 6.50. The predicted molar refractivity (Wildman–Crippen MR) is 78.0 cm³/mol. The molecule has 24 heavy (non-hydrogen) atoms. The number of hydrogen-bond acceptors (Lipinski definition) is 3. The summed E-state index contributed by atoms with van der Waals surface area (Å²) in [5.74, 6) is -0.690. The fraction of sp³-hybridized carbons (Fsp3) is 0.200. The lowest BCUT2D eigenvalue weighted by atomic mass is 9.93. The molecule has 4 nitrogen and oxygen atoms in total. The number of hydrogen-bond donors (Lipinski definition) is 2. The Balaban J connectivity index is 2.30. The fourth-order valence-electron chi connectivity index (χ4n) is 1.98. The van der Waals surface area contributed by atoms with Gasteiger partial charge in [0.1, 0.15) is 5.82 Å². The molecule has 0 spiro atoms. The van der Waals surface area contributed by atoms with E-state index in [1.54, 1.807) is 4.72 Å². The van der Waals surface area contributed by atoms with Crippen molar-refractivity contribution in [1.82, 2.24) is 4.72 Å². The van der Waals surface area contributed by atoms with Crippen LogP contribution in [-0.2, 0) is 15.6 Å². The monoisotopic (exact) mass is 363 g/mol. The van der Waals surface area contributed by atoms with Gasteiger partial charge in [-0.25, -0.2) is 17.5 Å². The van der Waals surface area contributed by atoms with Crippen LogP contribution in [0.1, 0.15) is 5.56 Å². The van der Waals surface area contributed by atoms with Crippen LogP contribution in [0.25, 0.3) is 0 Å². The average molecular weight is 363 g/mol. The van der Waals surface area contributed by atoms with Crippen LogP contribution in [0.2, 0.25) is 0 Å². The second-order valence-corrected chi connectivity index (χ2v) is 6.77. The molecule has 0 saturated heterocycles. The van der Waals surface area contributed by atoms with Gasteiger partial charge in [-0.05, 0) is 29.8 Å². The van der Waals surface area contributed by atoms with Crippen molar-refractivity contribution in [3.63, 3.8) is 0 Å². The van der Waals surface area contributed by atoms with Gasteiger partial charge in [-0.15, -0.1) is 0 Å². The Hall–Kier alpha value is -1.97. The summed E-state index contributed by atoms with van der Waals surface area (Å²) in [6.45, 7) is -1.32. The first-order valence-electron chi connectivity index (χ1n) is 6.66. The highest BCUT2D eigenvalue weighted by molar-refractivity contribution is 7.89. The Morgan fingerprint density at radius 3 is 2.00 bits per heavy atom. The number of benzene rings is 2. The molecule has 0 aliphatic heterocycles. The smallest absolute Gasteiger partial charge is 0.375 e. The molecule has 9 heteroatoms. The minimum atomic E-state index is -5.11. The maximum atomic E-state index is 13.3. The van der Waals surface area contributed by atoms with Crippen molar-refractivity contribution in [2.24, 2.45) is 0 Å². The first-order chi connectivity index (χ1) is 11.1. The number of sulfonamides is 1. The van der Waals surface area contributed by atoms with Crippen LogP contribution in [0.4, 0.5) is 17.6 Å². The van der Waals surface area contributed by atoms with Crippen LogP contribution in [0, 0.1) is 5.82 Å². The Bertz CT molecular complexity index is 792. The topological polar surface area (TPSA) is 66.4 Å². The van der Waals surface area contributed by atoms with Crippen molar-refractivity contribution in [2.75, 3.05) is 6.54 Å². The van der Waals surface area contributed by atoms with Crippen molar-refractivity contribution < 1.29 is 31.1 Å². The van der Waals surface area contributed by atoms with E-state index < -0.39 is 44.6 Å². The lowest BCUT2D eigenvalue weighted by molar-refractivity contribution is -0.263. The number of rotatable bonds is 5. The summed E-state index contributed by atoms with van der Waals surface area (Å²) in [7, 11) is -4.36. The van der Waals surface area contributed by atoms with E-state index in [1.165, 1.54) is 18.2 Å². The van der Waals surface area contributed by atoms with Gasteiger partial charge in [0.2, 0.25) is 10.0 Å². The molecule has 1 unspecified atom stereocenters. The van der Waals surface area contributed by atoms with Crippen molar-refractivity contribution in [3.05, 3.63) is 66.0 Å². The summed E-state index contributed by atoms with van der Waals surface area (Å²) in [6.07, 6.45) is -5.11. The first-order valence-corrected chi connectivity index (χ1v) is 8.14. The summed E-state index contributed by atoms with van der Waals surface area (Å²) in [4.78, 5) is -0.415. The van der Waals surface area contributed by atoms with Crippen LogP contribution in [0.5, 0.6) is 0 Å². The van der Waals surface area contributed by atoms with Crippen LogP contribution in [-0.4, -0.2) is 26.2 Å². The van der Waals surface area contributed by atoms with E-state index in [4.69, 9.17) is 0 Å². The lowest BCUT2D eigenvalue weighted by Crippen LogP contribution is -2.51. The van der Waals surface area contributed by atoms with E-state index in [9.17, 15) is 31.1 Å². The van der Waals surface area contributed by atoms with Gasteiger partial charge in [0.15, 0.2) is 5.60 Å². The van der Waals surface area contributed by atoms with Crippen molar-refractivity contribution >= 4 is 10.0 Å². The molecule has 0 heterocycles. The molecule has 0 aromatic heterocycles. The predicted octanol–water partition coefficient (Wildman–Crippen LogP) is 2.55. The number of alkyl halides is 3. The quantitative estimate of drug-likeness (QED) is 0.803. The van der Waals surface area contributed by atoms with Gasteiger partial charge in [-0.2, -0.15) is 13.2 Å². The molecular weight excluding hydrogens is 350 g/mol. The van der Waals surface area contributed by atoms with Gasteiger partial charge in [-0.1, -0.05) is 30.3 Å². The van der Waals surface area contributed by atoms with E-state index in [0.29, 0.717) is 0 Å². The number of aliphatic hydroxyl groups is 1. The van der Waals surface area contributed by atoms with Crippen molar-refractivity contribution in [1.29, 1.82) is 0 Å². The Labute approximate surface area is 135 Å². The van der Waals surface area contributed by atoms with Crippen molar-refractivity contribution in [2.45, 2.75) is 16.7 Å². The molecule has 0 aliphatic carbocycles. The summed E-state index contributed by atoms with van der Waals surface area (Å²) >= 11 is 0. The van der Waals surface area contributed by atoms with Crippen LogP contribution in [0.15, 0.2) is 59.5 Å². The van der Waals surface area contributed by atoms with Gasteiger partial charge in [0.25, 0.3) is 0 Å². The summed E-state index contributed by atoms with van der Waals surface area (Å²) < 4.78 is 78.5. The zero-order valence-electron chi connectivity index (χ0n) is 12.1. The Morgan fingerprint density at radius 2 is 1.50 bits per heavy atom. The molecule has 130 valence electrons. The third-order valence-electron chi connectivity index (χ3n) is 3.36. The summed E-state index contributed by atoms with van der Waals surface area (Å²) in [6, 6.07) is 9.67. The van der Waals surface area contributed by atoms with E-state index >= 15 is 0 Å². The third-order valence-corrected chi connectivity index (χ3v) is 4.78. The second-order valence-electron chi connectivity index (χ2n) is 5.00. The highest BCUT2D eigenvalue weighted by atomic mass is 32.2. The third kappa shape index (κ3) is 3.74. The molecule has 0 amide bonds. The normalized spacial score (nSPS) is 15.0. The largest absolute Gasteiger partial charge is 0.422 e. The minimum Gasteiger partial charge on any atom is -0.375 e. The molecule has 0 radical (unpaired) electrons. The summed E-state index contributed by atoms with van der Waals surface area (Å²) in [5.41, 5.74) is -3.90. The van der Waals surface area contributed by atoms with Gasteiger partial charge in [0, 0.05) is 0 Å². The molecule has 2 aromatic carbocycles. The van der Waals surface area contributed by atoms with Crippen LogP contribution < -0.4 is 4.72 Å². The fourth-order valence-corrected chi connectivity index (χ4v) is 3.04. The zero-order chi connectivity index (χ0) is 18.0. The van der Waals surface area contributed by atoms with Crippen LogP contribution in [0.3, 0.4) is 0 Å². The van der Waals surface area contributed by atoms with E-state index in [2.05, 4.69) is 0 Å². The maximum absolute atomic E-state index is 13.3. The minimum absolute atomic E-state index is 0.415. The molecule has 0 fully saturated rings. The molecule has 2 rings (SSSR count). The summed E-state index contributed by atoms with van der Waals surface area (Å²) in [5, 5.41) is 10.1. The molecule has 0 aliphatic rings. The van der Waals surface area contributed by atoms with Gasteiger partial charge in [0.05, 0.1) is 11.4 Å². The maximum Gasteiger partial charge on any atom is 0.422 e. The first kappa shape index (κ1) is 18.4. The SMILES string of the molecule is O=S(=O)(NCC(O)(c1ccccc1)C(F)(F)F)c1ccc(F)cc1.